The van der Waals surface area contributed by atoms with Gasteiger partial charge in [-0.25, -0.2) is 0 Å². The van der Waals surface area contributed by atoms with Gasteiger partial charge >= 0.3 is 0 Å². The number of nitrogens with one attached hydrogen (secondary N) is 1. The minimum Gasteiger partial charge on any atom is -0.394 e. The number of amides is 1. The van der Waals surface area contributed by atoms with Gasteiger partial charge in [0, 0.05) is 6.42 Å². The highest BCUT2D eigenvalue weighted by atomic mass is 16.7. The molecule has 0 aromatic rings. The van der Waals surface area contributed by atoms with E-state index in [1.54, 1.807) is 0 Å². The topological polar surface area (TPSA) is 149 Å². The second-order valence-electron chi connectivity index (χ2n) is 14.1. The lowest BCUT2D eigenvalue weighted by Crippen LogP contribution is -2.60. The summed E-state index contributed by atoms with van der Waals surface area (Å²) in [6, 6.07) is -0.727. The minimum absolute atomic E-state index is 0.146. The summed E-state index contributed by atoms with van der Waals surface area (Å²) in [5.74, 6) is -0.156. The number of allylic oxidation sites excluding steroid dienone is 2. The molecule has 0 bridgehead atoms. The monoisotopic (exact) mass is 686 g/mol. The summed E-state index contributed by atoms with van der Waals surface area (Å²) < 4.78 is 11.2. The number of ether oxygens (including phenoxy) is 2. The van der Waals surface area contributed by atoms with E-state index in [-0.39, 0.29) is 12.5 Å². The van der Waals surface area contributed by atoms with Crippen LogP contribution in [0.2, 0.25) is 0 Å². The average molecular weight is 686 g/mol. The molecular weight excluding hydrogens is 610 g/mol. The van der Waals surface area contributed by atoms with Crippen LogP contribution in [0.3, 0.4) is 0 Å². The van der Waals surface area contributed by atoms with Crippen LogP contribution in [0.4, 0.5) is 0 Å². The zero-order chi connectivity index (χ0) is 35.2. The number of aliphatic hydroxyl groups excluding tert-OH is 5. The molecule has 0 aromatic heterocycles. The fourth-order valence-corrected chi connectivity index (χ4v) is 6.33. The van der Waals surface area contributed by atoms with Crippen LogP contribution in [0.1, 0.15) is 174 Å². The Morgan fingerprint density at radius 1 is 0.688 bits per heavy atom. The van der Waals surface area contributed by atoms with Crippen molar-refractivity contribution >= 4 is 5.91 Å². The molecule has 9 heteroatoms. The van der Waals surface area contributed by atoms with E-state index in [9.17, 15) is 30.3 Å². The van der Waals surface area contributed by atoms with Gasteiger partial charge in [-0.1, -0.05) is 142 Å². The lowest BCUT2D eigenvalue weighted by Gasteiger charge is -2.40. The summed E-state index contributed by atoms with van der Waals surface area (Å²) in [6.07, 6.45) is 25.0. The maximum atomic E-state index is 12.9. The van der Waals surface area contributed by atoms with E-state index in [1.165, 1.54) is 103 Å². The smallest absolute Gasteiger partial charge is 0.220 e. The van der Waals surface area contributed by atoms with Gasteiger partial charge in [-0.05, 0) is 38.5 Å². The van der Waals surface area contributed by atoms with Crippen molar-refractivity contribution in [2.45, 2.75) is 217 Å². The predicted octanol–water partition coefficient (Wildman–Crippen LogP) is 7.00. The lowest BCUT2D eigenvalue weighted by molar-refractivity contribution is -0.302. The second kappa shape index (κ2) is 30.7. The number of hydrogen-bond donors (Lipinski definition) is 6. The van der Waals surface area contributed by atoms with Crippen LogP contribution < -0.4 is 5.32 Å². The Morgan fingerprint density at radius 2 is 1.17 bits per heavy atom. The van der Waals surface area contributed by atoms with Gasteiger partial charge in [-0.2, -0.15) is 0 Å². The van der Waals surface area contributed by atoms with Crippen molar-refractivity contribution in [1.29, 1.82) is 0 Å². The minimum atomic E-state index is -1.55. The normalized spacial score (nSPS) is 22.7. The van der Waals surface area contributed by atoms with Crippen molar-refractivity contribution in [3.05, 3.63) is 12.2 Å². The summed E-state index contributed by atoms with van der Waals surface area (Å²) in [5.41, 5.74) is 0. The second-order valence-corrected chi connectivity index (χ2v) is 14.1. The molecular formula is C39H75NO8. The molecule has 1 aliphatic heterocycles. The molecule has 1 fully saturated rings. The Bertz CT molecular complexity index is 766. The maximum absolute atomic E-state index is 12.9. The molecule has 1 saturated heterocycles. The fraction of sp³-hybridized carbons (Fsp3) is 0.923. The number of rotatable bonds is 32. The molecule has 0 spiro atoms. The van der Waals surface area contributed by atoms with Gasteiger partial charge in [-0.3, -0.25) is 4.79 Å². The number of unbranched alkanes of at least 4 members (excludes halogenated alkanes) is 20. The summed E-state index contributed by atoms with van der Waals surface area (Å²) in [6.45, 7) is 3.78. The highest BCUT2D eigenvalue weighted by molar-refractivity contribution is 5.76. The third-order valence-corrected chi connectivity index (χ3v) is 9.62. The first-order chi connectivity index (χ1) is 23.3. The van der Waals surface area contributed by atoms with Crippen LogP contribution in [0.5, 0.6) is 0 Å². The molecule has 1 aliphatic rings. The Balaban J connectivity index is 2.43. The third-order valence-electron chi connectivity index (χ3n) is 9.62. The van der Waals surface area contributed by atoms with E-state index >= 15 is 0 Å². The van der Waals surface area contributed by atoms with Gasteiger partial charge in [0.1, 0.15) is 24.4 Å². The predicted molar refractivity (Wildman–Crippen MR) is 194 cm³/mol. The molecule has 0 saturated carbocycles. The fourth-order valence-electron chi connectivity index (χ4n) is 6.33. The SMILES string of the molecule is CCCCCCCCCC/C=C/CCCC[C@@H](O)[C@H](CO[C@@H]1O[C@H](CO)[C@@H](O)C(O)C1O)NC(=O)CCCCCCCCCCCCC. The van der Waals surface area contributed by atoms with Crippen LogP contribution in [0.15, 0.2) is 12.2 Å². The molecule has 1 amide bonds. The van der Waals surface area contributed by atoms with Gasteiger partial charge in [0.05, 0.1) is 25.4 Å². The van der Waals surface area contributed by atoms with E-state index in [2.05, 4.69) is 31.3 Å². The Kier molecular flexibility index (Phi) is 28.8. The van der Waals surface area contributed by atoms with Gasteiger partial charge in [0.2, 0.25) is 5.91 Å². The summed E-state index contributed by atoms with van der Waals surface area (Å²) in [4.78, 5) is 12.9. The molecule has 0 aromatic carbocycles. The van der Waals surface area contributed by atoms with E-state index in [4.69, 9.17) is 9.47 Å². The van der Waals surface area contributed by atoms with Crippen molar-refractivity contribution in [2.24, 2.45) is 0 Å². The first-order valence-corrected chi connectivity index (χ1v) is 19.9. The van der Waals surface area contributed by atoms with Crippen LogP contribution in [-0.2, 0) is 14.3 Å². The summed E-state index contributed by atoms with van der Waals surface area (Å²) >= 11 is 0. The molecule has 9 nitrogen and oxygen atoms in total. The Hall–Kier alpha value is -1.07. The van der Waals surface area contributed by atoms with Gasteiger partial charge in [-0.15, -0.1) is 0 Å². The molecule has 0 radical (unpaired) electrons. The van der Waals surface area contributed by atoms with E-state index in [0.717, 1.165) is 44.9 Å². The number of aliphatic hydroxyl groups is 5. The average Bonchev–Trinajstić information content (AvgIpc) is 3.08. The van der Waals surface area contributed by atoms with E-state index in [1.807, 2.05) is 0 Å². The van der Waals surface area contributed by atoms with Crippen molar-refractivity contribution in [2.75, 3.05) is 13.2 Å². The Morgan fingerprint density at radius 3 is 1.69 bits per heavy atom. The van der Waals surface area contributed by atoms with Crippen molar-refractivity contribution < 1.29 is 39.8 Å². The van der Waals surface area contributed by atoms with E-state index in [0.29, 0.717) is 12.8 Å². The maximum Gasteiger partial charge on any atom is 0.220 e. The zero-order valence-corrected chi connectivity index (χ0v) is 30.7. The van der Waals surface area contributed by atoms with Crippen LogP contribution >= 0.6 is 0 Å². The van der Waals surface area contributed by atoms with Crippen molar-refractivity contribution in [3.8, 4) is 0 Å². The molecule has 6 N–H and O–H groups in total. The third kappa shape index (κ3) is 21.9. The largest absolute Gasteiger partial charge is 0.394 e. The number of carbonyl (C=O) groups is 1. The number of carbonyl (C=O) groups excluding carboxylic acids is 1. The van der Waals surface area contributed by atoms with Gasteiger partial charge in [0.15, 0.2) is 6.29 Å². The van der Waals surface area contributed by atoms with Crippen molar-refractivity contribution in [1.82, 2.24) is 5.32 Å². The highest BCUT2D eigenvalue weighted by Crippen LogP contribution is 2.23. The molecule has 1 heterocycles. The van der Waals surface area contributed by atoms with Crippen LogP contribution in [0, 0.1) is 0 Å². The summed E-state index contributed by atoms with van der Waals surface area (Å²) in [7, 11) is 0. The molecule has 0 aliphatic carbocycles. The molecule has 48 heavy (non-hydrogen) atoms. The standard InChI is InChI=1S/C39H75NO8/c1-3-5-7-9-11-13-15-16-17-19-20-22-24-26-28-33(42)32(31-47-39-38(46)37(45)36(44)34(30-41)48-39)40-35(43)29-27-25-23-21-18-14-12-10-8-6-4-2/h19-20,32-34,36-39,41-42,44-46H,3-18,21-31H2,1-2H3,(H,40,43)/b20-19+/t32-,33+,34+,36+,37?,38?,39+/m0/s1. The first-order valence-electron chi connectivity index (χ1n) is 19.9. The van der Waals surface area contributed by atoms with Gasteiger partial charge in [0.25, 0.3) is 0 Å². The summed E-state index contributed by atoms with van der Waals surface area (Å²) in [5, 5.41) is 54.0. The van der Waals surface area contributed by atoms with E-state index < -0.39 is 49.5 Å². The first kappa shape index (κ1) is 45.0. The van der Waals surface area contributed by atoms with Gasteiger partial charge < -0.3 is 40.3 Å². The lowest BCUT2D eigenvalue weighted by atomic mass is 9.99. The van der Waals surface area contributed by atoms with Crippen LogP contribution in [0.25, 0.3) is 0 Å². The molecule has 284 valence electrons. The number of hydrogen-bond acceptors (Lipinski definition) is 8. The molecule has 2 unspecified atom stereocenters. The molecule has 7 atom stereocenters. The zero-order valence-electron chi connectivity index (χ0n) is 30.7. The molecule has 1 rings (SSSR count). The highest BCUT2D eigenvalue weighted by Gasteiger charge is 2.44. The Labute approximate surface area is 293 Å². The van der Waals surface area contributed by atoms with Crippen LogP contribution in [-0.4, -0.2) is 87.5 Å². The van der Waals surface area contributed by atoms with Crippen molar-refractivity contribution in [3.63, 3.8) is 0 Å². The quantitative estimate of drug-likeness (QED) is 0.0328.